The van der Waals surface area contributed by atoms with Gasteiger partial charge in [0, 0.05) is 5.69 Å². The minimum Gasteiger partial charge on any atom is -0.480 e. The molecule has 0 bridgehead atoms. The first-order valence-electron chi connectivity index (χ1n) is 7.15. The van der Waals surface area contributed by atoms with Crippen LogP contribution in [-0.4, -0.2) is 32.8 Å². The van der Waals surface area contributed by atoms with Crippen LogP contribution in [0.15, 0.2) is 36.7 Å². The van der Waals surface area contributed by atoms with Gasteiger partial charge >= 0.3 is 12.1 Å². The topological polar surface area (TPSA) is 93.5 Å². The van der Waals surface area contributed by atoms with Gasteiger partial charge < -0.3 is 19.7 Å². The molecule has 1 heterocycles. The highest BCUT2D eigenvalue weighted by Crippen LogP contribution is 2.06. The number of ether oxygens (including phenoxy) is 1. The fourth-order valence-electron chi connectivity index (χ4n) is 2.02. The third-order valence-electron chi connectivity index (χ3n) is 3.53. The molecule has 1 amide bonds. The molecule has 0 aliphatic carbocycles. The van der Waals surface area contributed by atoms with Crippen LogP contribution in [0.4, 0.5) is 4.79 Å². The molecule has 0 spiro atoms. The molecule has 23 heavy (non-hydrogen) atoms. The molecule has 2 aromatic rings. The van der Waals surface area contributed by atoms with Gasteiger partial charge in [0.05, 0.1) is 18.6 Å². The minimum atomic E-state index is -1.13. The smallest absolute Gasteiger partial charge is 0.408 e. The van der Waals surface area contributed by atoms with Crippen LogP contribution >= 0.6 is 0 Å². The van der Waals surface area contributed by atoms with E-state index in [4.69, 9.17) is 4.74 Å². The van der Waals surface area contributed by atoms with Gasteiger partial charge in [-0.25, -0.2) is 14.6 Å². The summed E-state index contributed by atoms with van der Waals surface area (Å²) in [5, 5.41) is 11.6. The van der Waals surface area contributed by atoms with Crippen molar-refractivity contribution in [3.8, 4) is 0 Å². The SMILES string of the molecule is Cc1ncn(CC(NC(=O)OCc2ccccc2)C(=O)O)c1C. The number of carbonyl (C=O) groups excluding carboxylic acids is 1. The van der Waals surface area contributed by atoms with Gasteiger partial charge in [-0.2, -0.15) is 0 Å². The second-order valence-electron chi connectivity index (χ2n) is 5.16. The van der Waals surface area contributed by atoms with Crippen LogP contribution in [-0.2, 0) is 22.7 Å². The first-order valence-corrected chi connectivity index (χ1v) is 7.15. The van der Waals surface area contributed by atoms with Crippen molar-refractivity contribution in [3.63, 3.8) is 0 Å². The predicted molar refractivity (Wildman–Crippen MR) is 82.9 cm³/mol. The fourth-order valence-corrected chi connectivity index (χ4v) is 2.02. The van der Waals surface area contributed by atoms with Gasteiger partial charge in [0.25, 0.3) is 0 Å². The molecule has 0 saturated heterocycles. The lowest BCUT2D eigenvalue weighted by Crippen LogP contribution is -2.43. The zero-order chi connectivity index (χ0) is 16.8. The highest BCUT2D eigenvalue weighted by Gasteiger charge is 2.22. The Kier molecular flexibility index (Phi) is 5.35. The lowest BCUT2D eigenvalue weighted by atomic mass is 10.2. The summed E-state index contributed by atoms with van der Waals surface area (Å²) in [6.07, 6.45) is 0.785. The molecule has 7 nitrogen and oxygen atoms in total. The molecule has 7 heteroatoms. The van der Waals surface area contributed by atoms with Gasteiger partial charge in [-0.3, -0.25) is 0 Å². The molecule has 0 fully saturated rings. The van der Waals surface area contributed by atoms with E-state index in [1.54, 1.807) is 10.9 Å². The fraction of sp³-hybridized carbons (Fsp3) is 0.312. The Labute approximate surface area is 133 Å². The number of aromatic nitrogens is 2. The average molecular weight is 317 g/mol. The normalized spacial score (nSPS) is 11.7. The maximum atomic E-state index is 11.8. The van der Waals surface area contributed by atoms with Gasteiger partial charge in [-0.05, 0) is 19.4 Å². The summed E-state index contributed by atoms with van der Waals surface area (Å²) in [7, 11) is 0. The highest BCUT2D eigenvalue weighted by molar-refractivity contribution is 5.79. The Morgan fingerprint density at radius 1 is 1.30 bits per heavy atom. The second kappa shape index (κ2) is 7.44. The third-order valence-corrected chi connectivity index (χ3v) is 3.53. The van der Waals surface area contributed by atoms with Crippen molar-refractivity contribution in [1.82, 2.24) is 14.9 Å². The molecule has 0 aliphatic rings. The molecule has 0 radical (unpaired) electrons. The molecular weight excluding hydrogens is 298 g/mol. The summed E-state index contributed by atoms with van der Waals surface area (Å²) in [5.74, 6) is -1.13. The number of amides is 1. The number of carbonyl (C=O) groups is 2. The van der Waals surface area contributed by atoms with Crippen molar-refractivity contribution in [2.24, 2.45) is 0 Å². The average Bonchev–Trinajstić information content (AvgIpc) is 2.85. The maximum absolute atomic E-state index is 11.8. The summed E-state index contributed by atoms with van der Waals surface area (Å²) in [4.78, 5) is 27.2. The standard InChI is InChI=1S/C16H19N3O4/c1-11-12(2)19(10-17-11)8-14(15(20)21)18-16(22)23-9-13-6-4-3-5-7-13/h3-7,10,14H,8-9H2,1-2H3,(H,18,22)(H,20,21). The molecule has 0 saturated carbocycles. The van der Waals surface area contributed by atoms with Gasteiger partial charge in [-0.15, -0.1) is 0 Å². The van der Waals surface area contributed by atoms with Crippen molar-refractivity contribution in [2.45, 2.75) is 33.0 Å². The van der Waals surface area contributed by atoms with Gasteiger partial charge in [0.1, 0.15) is 12.6 Å². The summed E-state index contributed by atoms with van der Waals surface area (Å²) >= 11 is 0. The van der Waals surface area contributed by atoms with Crippen LogP contribution in [0.3, 0.4) is 0 Å². The Morgan fingerprint density at radius 3 is 2.57 bits per heavy atom. The number of rotatable bonds is 6. The number of carboxylic acid groups (broad SMARTS) is 1. The zero-order valence-electron chi connectivity index (χ0n) is 13.0. The number of nitrogens with zero attached hydrogens (tertiary/aromatic N) is 2. The lowest BCUT2D eigenvalue weighted by molar-refractivity contribution is -0.139. The van der Waals surface area contributed by atoms with Crippen LogP contribution in [0.2, 0.25) is 0 Å². The van der Waals surface area contributed by atoms with Crippen molar-refractivity contribution in [1.29, 1.82) is 0 Å². The number of benzene rings is 1. The van der Waals surface area contributed by atoms with Crippen LogP contribution in [0.1, 0.15) is 17.0 Å². The van der Waals surface area contributed by atoms with E-state index in [1.165, 1.54) is 0 Å². The van der Waals surface area contributed by atoms with Crippen LogP contribution in [0.25, 0.3) is 0 Å². The molecule has 2 rings (SSSR count). The zero-order valence-corrected chi connectivity index (χ0v) is 13.0. The molecule has 122 valence electrons. The summed E-state index contributed by atoms with van der Waals surface area (Å²) < 4.78 is 6.73. The Hall–Kier alpha value is -2.83. The lowest BCUT2D eigenvalue weighted by Gasteiger charge is -2.16. The number of aryl methyl sites for hydroxylation is 1. The first-order chi connectivity index (χ1) is 11.0. The van der Waals surface area contributed by atoms with E-state index in [-0.39, 0.29) is 13.2 Å². The number of alkyl carbamates (subject to hydrolysis) is 1. The van der Waals surface area contributed by atoms with Crippen LogP contribution < -0.4 is 5.32 Å². The van der Waals surface area contributed by atoms with E-state index in [9.17, 15) is 14.7 Å². The van der Waals surface area contributed by atoms with E-state index in [1.807, 2.05) is 44.2 Å². The molecule has 1 atom stereocenters. The Morgan fingerprint density at radius 2 is 2.00 bits per heavy atom. The molecular formula is C16H19N3O4. The molecule has 1 aromatic heterocycles. The van der Waals surface area contributed by atoms with Gasteiger partial charge in [0.2, 0.25) is 0 Å². The van der Waals surface area contributed by atoms with E-state index in [2.05, 4.69) is 10.3 Å². The van der Waals surface area contributed by atoms with Crippen LogP contribution in [0.5, 0.6) is 0 Å². The largest absolute Gasteiger partial charge is 0.480 e. The second-order valence-corrected chi connectivity index (χ2v) is 5.16. The Balaban J connectivity index is 1.92. The predicted octanol–water partition coefficient (Wildman–Crippen LogP) is 1.88. The van der Waals surface area contributed by atoms with E-state index in [0.29, 0.717) is 0 Å². The number of aliphatic carboxylic acids is 1. The number of imidazole rings is 1. The summed E-state index contributed by atoms with van der Waals surface area (Å²) in [5.41, 5.74) is 2.51. The number of hydrogen-bond donors (Lipinski definition) is 2. The molecule has 1 unspecified atom stereocenters. The third kappa shape index (κ3) is 4.57. The molecule has 0 aliphatic heterocycles. The highest BCUT2D eigenvalue weighted by atomic mass is 16.5. The molecule has 2 N–H and O–H groups in total. The summed E-state index contributed by atoms with van der Waals surface area (Å²) in [6, 6.07) is 8.07. The van der Waals surface area contributed by atoms with E-state index >= 15 is 0 Å². The van der Waals surface area contributed by atoms with Crippen LogP contribution in [0, 0.1) is 13.8 Å². The minimum absolute atomic E-state index is 0.0855. The van der Waals surface area contributed by atoms with Crippen molar-refractivity contribution in [2.75, 3.05) is 0 Å². The number of hydrogen-bond acceptors (Lipinski definition) is 4. The van der Waals surface area contributed by atoms with Gasteiger partial charge in [0.15, 0.2) is 0 Å². The summed E-state index contributed by atoms with van der Waals surface area (Å²) in [6.45, 7) is 3.85. The maximum Gasteiger partial charge on any atom is 0.408 e. The molecule has 1 aromatic carbocycles. The number of carboxylic acids is 1. The first kappa shape index (κ1) is 16.5. The Bertz CT molecular complexity index is 682. The monoisotopic (exact) mass is 317 g/mol. The van der Waals surface area contributed by atoms with Crippen molar-refractivity contribution in [3.05, 3.63) is 53.6 Å². The van der Waals surface area contributed by atoms with Crippen molar-refractivity contribution >= 4 is 12.1 Å². The quantitative estimate of drug-likeness (QED) is 0.848. The van der Waals surface area contributed by atoms with Crippen molar-refractivity contribution < 1.29 is 19.4 Å². The van der Waals surface area contributed by atoms with E-state index < -0.39 is 18.1 Å². The number of nitrogens with one attached hydrogen (secondary N) is 1. The van der Waals surface area contributed by atoms with Gasteiger partial charge in [-0.1, -0.05) is 30.3 Å². The van der Waals surface area contributed by atoms with E-state index in [0.717, 1.165) is 17.0 Å².